The second kappa shape index (κ2) is 6.13. The summed E-state index contributed by atoms with van der Waals surface area (Å²) in [4.78, 5) is 0. The third-order valence-corrected chi connectivity index (χ3v) is 5.88. The average molecular weight is 265 g/mol. The molecule has 110 valence electrons. The van der Waals surface area contributed by atoms with E-state index in [2.05, 4.69) is 12.2 Å². The van der Waals surface area contributed by atoms with E-state index in [1.54, 1.807) is 0 Å². The zero-order valence-electron chi connectivity index (χ0n) is 12.6. The first kappa shape index (κ1) is 13.9. The van der Waals surface area contributed by atoms with E-state index in [0.717, 1.165) is 12.5 Å². The highest BCUT2D eigenvalue weighted by molar-refractivity contribution is 4.93. The van der Waals surface area contributed by atoms with Crippen LogP contribution in [0.25, 0.3) is 0 Å². The first-order valence-electron chi connectivity index (χ1n) is 8.69. The SMILES string of the molecule is C[C@@H](NCC1CCC2(CCCC2)O1)C1CCCCC1. The Morgan fingerprint density at radius 3 is 2.47 bits per heavy atom. The van der Waals surface area contributed by atoms with Gasteiger partial charge in [-0.2, -0.15) is 0 Å². The molecule has 2 atom stereocenters. The molecule has 2 nitrogen and oxygen atoms in total. The maximum Gasteiger partial charge on any atom is 0.0708 e. The van der Waals surface area contributed by atoms with Crippen LogP contribution in [0.5, 0.6) is 0 Å². The summed E-state index contributed by atoms with van der Waals surface area (Å²) in [5.74, 6) is 0.913. The van der Waals surface area contributed by atoms with E-state index >= 15 is 0 Å². The minimum absolute atomic E-state index is 0.306. The van der Waals surface area contributed by atoms with Crippen molar-refractivity contribution in [3.63, 3.8) is 0 Å². The number of nitrogens with one attached hydrogen (secondary N) is 1. The van der Waals surface area contributed by atoms with Crippen LogP contribution in [0.2, 0.25) is 0 Å². The molecular weight excluding hydrogens is 234 g/mol. The lowest BCUT2D eigenvalue weighted by atomic mass is 9.84. The molecule has 1 aliphatic heterocycles. The quantitative estimate of drug-likeness (QED) is 0.828. The van der Waals surface area contributed by atoms with E-state index in [4.69, 9.17) is 4.74 Å². The van der Waals surface area contributed by atoms with Gasteiger partial charge >= 0.3 is 0 Å². The Hall–Kier alpha value is -0.0800. The molecule has 0 aromatic rings. The molecular formula is C17H31NO. The van der Waals surface area contributed by atoms with E-state index < -0.39 is 0 Å². The van der Waals surface area contributed by atoms with E-state index in [0.29, 0.717) is 17.7 Å². The van der Waals surface area contributed by atoms with Gasteiger partial charge in [0.15, 0.2) is 0 Å². The van der Waals surface area contributed by atoms with Crippen LogP contribution in [0.15, 0.2) is 0 Å². The summed E-state index contributed by atoms with van der Waals surface area (Å²) in [7, 11) is 0. The summed E-state index contributed by atoms with van der Waals surface area (Å²) in [6, 6.07) is 0.684. The Morgan fingerprint density at radius 1 is 1.00 bits per heavy atom. The van der Waals surface area contributed by atoms with Gasteiger partial charge < -0.3 is 10.1 Å². The van der Waals surface area contributed by atoms with Gasteiger partial charge in [0.25, 0.3) is 0 Å². The summed E-state index contributed by atoms with van der Waals surface area (Å²) in [6.45, 7) is 3.47. The van der Waals surface area contributed by atoms with Crippen molar-refractivity contribution in [2.24, 2.45) is 5.92 Å². The van der Waals surface area contributed by atoms with Crippen molar-refractivity contribution in [1.29, 1.82) is 0 Å². The predicted octanol–water partition coefficient (Wildman–Crippen LogP) is 4.04. The molecule has 1 saturated heterocycles. The summed E-state index contributed by atoms with van der Waals surface area (Å²) in [6.07, 6.45) is 15.7. The van der Waals surface area contributed by atoms with Crippen LogP contribution in [0.1, 0.15) is 77.6 Å². The molecule has 2 heteroatoms. The number of ether oxygens (including phenoxy) is 1. The maximum absolute atomic E-state index is 6.39. The molecule has 0 aromatic heterocycles. The molecule has 1 N–H and O–H groups in total. The molecule has 1 heterocycles. The molecule has 2 aliphatic carbocycles. The van der Waals surface area contributed by atoms with Gasteiger partial charge in [-0.05, 0) is 51.4 Å². The lowest BCUT2D eigenvalue weighted by Gasteiger charge is -2.30. The van der Waals surface area contributed by atoms with E-state index in [9.17, 15) is 0 Å². The Balaban J connectivity index is 1.40. The van der Waals surface area contributed by atoms with E-state index in [1.165, 1.54) is 70.6 Å². The topological polar surface area (TPSA) is 21.3 Å². The van der Waals surface area contributed by atoms with Crippen molar-refractivity contribution >= 4 is 0 Å². The highest BCUT2D eigenvalue weighted by Crippen LogP contribution is 2.43. The highest BCUT2D eigenvalue weighted by Gasteiger charge is 2.42. The van der Waals surface area contributed by atoms with Crippen LogP contribution in [-0.4, -0.2) is 24.3 Å². The van der Waals surface area contributed by atoms with Gasteiger partial charge in [0.05, 0.1) is 11.7 Å². The Kier molecular flexibility index (Phi) is 4.48. The van der Waals surface area contributed by atoms with Crippen molar-refractivity contribution in [2.75, 3.05) is 6.54 Å². The van der Waals surface area contributed by atoms with Gasteiger partial charge in [-0.25, -0.2) is 0 Å². The molecule has 1 spiro atoms. The van der Waals surface area contributed by atoms with Gasteiger partial charge in [-0.15, -0.1) is 0 Å². The summed E-state index contributed by atoms with van der Waals surface area (Å²) in [5, 5.41) is 3.78. The molecule has 0 bridgehead atoms. The molecule has 19 heavy (non-hydrogen) atoms. The molecule has 3 rings (SSSR count). The average Bonchev–Trinajstić information content (AvgIpc) is 3.08. The van der Waals surface area contributed by atoms with Crippen molar-refractivity contribution in [1.82, 2.24) is 5.32 Å². The van der Waals surface area contributed by atoms with Crippen molar-refractivity contribution in [2.45, 2.75) is 95.3 Å². The normalized spacial score (nSPS) is 33.0. The first-order valence-corrected chi connectivity index (χ1v) is 8.69. The van der Waals surface area contributed by atoms with Crippen LogP contribution in [0, 0.1) is 5.92 Å². The van der Waals surface area contributed by atoms with Crippen LogP contribution < -0.4 is 5.32 Å². The third-order valence-electron chi connectivity index (χ3n) is 5.88. The maximum atomic E-state index is 6.39. The predicted molar refractivity (Wildman–Crippen MR) is 79.3 cm³/mol. The van der Waals surface area contributed by atoms with Gasteiger partial charge in [0.1, 0.15) is 0 Å². The van der Waals surface area contributed by atoms with Gasteiger partial charge in [-0.1, -0.05) is 32.1 Å². The first-order chi connectivity index (χ1) is 9.27. The second-order valence-corrected chi connectivity index (χ2v) is 7.26. The van der Waals surface area contributed by atoms with Gasteiger partial charge in [-0.3, -0.25) is 0 Å². The zero-order valence-corrected chi connectivity index (χ0v) is 12.6. The summed E-state index contributed by atoms with van der Waals surface area (Å²) < 4.78 is 6.39. The fraction of sp³-hybridized carbons (Fsp3) is 1.00. The fourth-order valence-electron chi connectivity index (χ4n) is 4.54. The van der Waals surface area contributed by atoms with Crippen molar-refractivity contribution in [3.8, 4) is 0 Å². The summed E-state index contributed by atoms with van der Waals surface area (Å²) >= 11 is 0. The van der Waals surface area contributed by atoms with Crippen LogP contribution in [0.4, 0.5) is 0 Å². The molecule has 2 saturated carbocycles. The largest absolute Gasteiger partial charge is 0.370 e. The Morgan fingerprint density at radius 2 is 1.74 bits per heavy atom. The standard InChI is InChI=1S/C17H31NO/c1-14(15-7-3-2-4-8-15)18-13-16-9-12-17(19-16)10-5-6-11-17/h14-16,18H,2-13H2,1H3/t14-,16?/m1/s1. The molecule has 0 amide bonds. The molecule has 3 fully saturated rings. The Bertz CT molecular complexity index is 279. The second-order valence-electron chi connectivity index (χ2n) is 7.26. The highest BCUT2D eigenvalue weighted by atomic mass is 16.5. The number of hydrogen-bond donors (Lipinski definition) is 1. The number of hydrogen-bond acceptors (Lipinski definition) is 2. The van der Waals surface area contributed by atoms with Crippen molar-refractivity contribution in [3.05, 3.63) is 0 Å². The molecule has 3 aliphatic rings. The van der Waals surface area contributed by atoms with Crippen LogP contribution >= 0.6 is 0 Å². The van der Waals surface area contributed by atoms with Crippen LogP contribution in [-0.2, 0) is 4.74 Å². The van der Waals surface area contributed by atoms with Crippen LogP contribution in [0.3, 0.4) is 0 Å². The smallest absolute Gasteiger partial charge is 0.0708 e. The molecule has 0 radical (unpaired) electrons. The molecule has 0 aromatic carbocycles. The zero-order chi connectivity index (χ0) is 13.1. The monoisotopic (exact) mass is 265 g/mol. The summed E-state index contributed by atoms with van der Waals surface area (Å²) in [5.41, 5.74) is 0.306. The lowest BCUT2D eigenvalue weighted by Crippen LogP contribution is -2.40. The lowest BCUT2D eigenvalue weighted by molar-refractivity contribution is -0.0363. The Labute approximate surface area is 118 Å². The fourth-order valence-corrected chi connectivity index (χ4v) is 4.54. The minimum atomic E-state index is 0.306. The van der Waals surface area contributed by atoms with Gasteiger partial charge in [0, 0.05) is 12.6 Å². The number of rotatable bonds is 4. The van der Waals surface area contributed by atoms with Gasteiger partial charge in [0.2, 0.25) is 0 Å². The molecule has 1 unspecified atom stereocenters. The van der Waals surface area contributed by atoms with E-state index in [1.807, 2.05) is 0 Å². The third kappa shape index (κ3) is 3.33. The minimum Gasteiger partial charge on any atom is -0.370 e. The van der Waals surface area contributed by atoms with E-state index in [-0.39, 0.29) is 0 Å². The van der Waals surface area contributed by atoms with Crippen molar-refractivity contribution < 1.29 is 4.74 Å².